The van der Waals surface area contributed by atoms with Crippen molar-refractivity contribution in [2.45, 2.75) is 26.9 Å². The van der Waals surface area contributed by atoms with Crippen LogP contribution in [0.5, 0.6) is 0 Å². The molecule has 13 heavy (non-hydrogen) atoms. The van der Waals surface area contributed by atoms with Crippen molar-refractivity contribution in [1.29, 1.82) is 0 Å². The topological polar surface area (TPSA) is 0 Å². The van der Waals surface area contributed by atoms with Crippen LogP contribution in [0.1, 0.15) is 20.8 Å². The van der Waals surface area contributed by atoms with E-state index in [4.69, 9.17) is 0 Å². The Labute approximate surface area is 76.1 Å². The fourth-order valence-electron chi connectivity index (χ4n) is 1.57. The van der Waals surface area contributed by atoms with E-state index in [9.17, 15) is 13.2 Å². The molecule has 74 valence electrons. The summed E-state index contributed by atoms with van der Waals surface area (Å²) >= 11 is 0. The zero-order valence-corrected chi connectivity index (χ0v) is 7.94. The Kier molecular flexibility index (Phi) is 2.55. The average Bonchev–Trinajstić information content (AvgIpc) is 1.98. The van der Waals surface area contributed by atoms with Gasteiger partial charge in [-0.15, -0.1) is 0 Å². The van der Waals surface area contributed by atoms with E-state index in [0.717, 1.165) is 11.1 Å². The molecule has 1 aliphatic carbocycles. The minimum Gasteiger partial charge on any atom is -0.170 e. The first-order valence-electron chi connectivity index (χ1n) is 4.26. The predicted molar refractivity (Wildman–Crippen MR) is 46.2 cm³/mol. The van der Waals surface area contributed by atoms with Gasteiger partial charge >= 0.3 is 6.18 Å². The standard InChI is InChI=1S/C10H13F3/c1-6-4-5-9(10(11,12)13)8(3)7(6)2/h4-5,8-9H,1-3H3. The van der Waals surface area contributed by atoms with Gasteiger partial charge in [-0.05, 0) is 19.8 Å². The van der Waals surface area contributed by atoms with Crippen LogP contribution in [-0.4, -0.2) is 6.18 Å². The molecule has 0 fully saturated rings. The lowest BCUT2D eigenvalue weighted by atomic mass is 9.81. The Morgan fingerprint density at radius 2 is 1.77 bits per heavy atom. The van der Waals surface area contributed by atoms with Crippen LogP contribution >= 0.6 is 0 Å². The molecule has 0 bridgehead atoms. The van der Waals surface area contributed by atoms with E-state index in [1.807, 2.05) is 6.92 Å². The number of rotatable bonds is 0. The molecule has 0 spiro atoms. The minimum atomic E-state index is -4.11. The van der Waals surface area contributed by atoms with Crippen LogP contribution in [0.25, 0.3) is 0 Å². The zero-order chi connectivity index (χ0) is 10.2. The molecule has 2 atom stereocenters. The lowest BCUT2D eigenvalue weighted by molar-refractivity contribution is -0.170. The normalized spacial score (nSPS) is 29.7. The summed E-state index contributed by atoms with van der Waals surface area (Å²) in [7, 11) is 0. The third-order valence-electron chi connectivity index (χ3n) is 2.78. The summed E-state index contributed by atoms with van der Waals surface area (Å²) in [6, 6.07) is 0. The molecule has 0 N–H and O–H groups in total. The van der Waals surface area contributed by atoms with Crippen LogP contribution < -0.4 is 0 Å². The molecular formula is C10H13F3. The van der Waals surface area contributed by atoms with E-state index in [1.165, 1.54) is 6.08 Å². The van der Waals surface area contributed by atoms with Crippen LogP contribution in [0.4, 0.5) is 13.2 Å². The number of allylic oxidation sites excluding steroid dienone is 4. The van der Waals surface area contributed by atoms with Crippen LogP contribution in [0, 0.1) is 11.8 Å². The van der Waals surface area contributed by atoms with Gasteiger partial charge in [0.05, 0.1) is 5.92 Å². The highest BCUT2D eigenvalue weighted by Crippen LogP contribution is 2.39. The van der Waals surface area contributed by atoms with E-state index in [1.54, 1.807) is 19.9 Å². The molecule has 1 rings (SSSR count). The van der Waals surface area contributed by atoms with Crippen molar-refractivity contribution in [1.82, 2.24) is 0 Å². The Morgan fingerprint density at radius 1 is 1.23 bits per heavy atom. The quantitative estimate of drug-likeness (QED) is 0.546. The van der Waals surface area contributed by atoms with Crippen LogP contribution in [0.15, 0.2) is 23.3 Å². The van der Waals surface area contributed by atoms with Crippen molar-refractivity contribution in [3.8, 4) is 0 Å². The maximum Gasteiger partial charge on any atom is 0.395 e. The molecule has 0 aromatic heterocycles. The third-order valence-corrected chi connectivity index (χ3v) is 2.78. The van der Waals surface area contributed by atoms with Gasteiger partial charge < -0.3 is 0 Å². The second-order valence-corrected chi connectivity index (χ2v) is 3.58. The van der Waals surface area contributed by atoms with Crippen molar-refractivity contribution < 1.29 is 13.2 Å². The lowest BCUT2D eigenvalue weighted by Gasteiger charge is -2.28. The molecule has 3 heteroatoms. The van der Waals surface area contributed by atoms with Crippen molar-refractivity contribution in [3.05, 3.63) is 23.3 Å². The second-order valence-electron chi connectivity index (χ2n) is 3.58. The largest absolute Gasteiger partial charge is 0.395 e. The van der Waals surface area contributed by atoms with E-state index >= 15 is 0 Å². The molecule has 0 saturated heterocycles. The molecular weight excluding hydrogens is 177 g/mol. The van der Waals surface area contributed by atoms with Crippen molar-refractivity contribution in [2.75, 3.05) is 0 Å². The summed E-state index contributed by atoms with van der Waals surface area (Å²) in [4.78, 5) is 0. The van der Waals surface area contributed by atoms with Crippen molar-refractivity contribution in [2.24, 2.45) is 11.8 Å². The van der Waals surface area contributed by atoms with Crippen LogP contribution in [0.3, 0.4) is 0 Å². The van der Waals surface area contributed by atoms with E-state index < -0.39 is 18.0 Å². The van der Waals surface area contributed by atoms with Gasteiger partial charge in [-0.25, -0.2) is 0 Å². The smallest absolute Gasteiger partial charge is 0.170 e. The van der Waals surface area contributed by atoms with Gasteiger partial charge in [0.15, 0.2) is 0 Å². The SMILES string of the molecule is CC1=C(C)C(C)C(C(F)(F)F)C=C1. The fraction of sp³-hybridized carbons (Fsp3) is 0.600. The highest BCUT2D eigenvalue weighted by Gasteiger charge is 2.42. The molecule has 0 amide bonds. The van der Waals surface area contributed by atoms with Crippen LogP contribution in [0.2, 0.25) is 0 Å². The van der Waals surface area contributed by atoms with Gasteiger partial charge in [-0.1, -0.05) is 30.2 Å². The lowest BCUT2D eigenvalue weighted by Crippen LogP contribution is -2.29. The summed E-state index contributed by atoms with van der Waals surface area (Å²) in [6.45, 7) is 5.23. The summed E-state index contributed by atoms with van der Waals surface area (Å²) < 4.78 is 37.3. The predicted octanol–water partition coefficient (Wildman–Crippen LogP) is 3.71. The molecule has 0 nitrogen and oxygen atoms in total. The Bertz CT molecular complexity index is 258. The molecule has 2 unspecified atom stereocenters. The summed E-state index contributed by atoms with van der Waals surface area (Å²) in [5.74, 6) is -1.74. The fourth-order valence-corrected chi connectivity index (χ4v) is 1.57. The Morgan fingerprint density at radius 3 is 2.23 bits per heavy atom. The summed E-state index contributed by atoms with van der Waals surface area (Å²) in [5, 5.41) is 0. The van der Waals surface area contributed by atoms with Gasteiger partial charge in [-0.2, -0.15) is 13.2 Å². The van der Waals surface area contributed by atoms with Gasteiger partial charge in [0, 0.05) is 0 Å². The molecule has 0 aromatic rings. The monoisotopic (exact) mass is 190 g/mol. The van der Waals surface area contributed by atoms with E-state index in [0.29, 0.717) is 0 Å². The first-order chi connectivity index (χ1) is 5.84. The summed E-state index contributed by atoms with van der Waals surface area (Å²) in [6.07, 6.45) is -1.29. The molecule has 0 aliphatic heterocycles. The molecule has 0 heterocycles. The Hall–Kier alpha value is -0.730. The highest BCUT2D eigenvalue weighted by atomic mass is 19.4. The molecule has 0 saturated carbocycles. The second kappa shape index (κ2) is 3.20. The van der Waals surface area contributed by atoms with E-state index in [2.05, 4.69) is 0 Å². The molecule has 1 aliphatic rings. The van der Waals surface area contributed by atoms with Gasteiger partial charge in [0.2, 0.25) is 0 Å². The Balaban J connectivity index is 2.94. The van der Waals surface area contributed by atoms with Crippen molar-refractivity contribution in [3.63, 3.8) is 0 Å². The summed E-state index contributed by atoms with van der Waals surface area (Å²) in [5.41, 5.74) is 1.79. The van der Waals surface area contributed by atoms with E-state index in [-0.39, 0.29) is 0 Å². The first kappa shape index (κ1) is 10.4. The molecule has 0 radical (unpaired) electrons. The zero-order valence-electron chi connectivity index (χ0n) is 7.94. The maximum atomic E-state index is 12.4. The van der Waals surface area contributed by atoms with Crippen molar-refractivity contribution >= 4 is 0 Å². The van der Waals surface area contributed by atoms with Gasteiger partial charge in [0.25, 0.3) is 0 Å². The average molecular weight is 190 g/mol. The number of hydrogen-bond donors (Lipinski definition) is 0. The number of alkyl halides is 3. The minimum absolute atomic E-state index is 0.426. The van der Waals surface area contributed by atoms with Gasteiger partial charge in [-0.3, -0.25) is 0 Å². The molecule has 0 aromatic carbocycles. The van der Waals surface area contributed by atoms with Crippen LogP contribution in [-0.2, 0) is 0 Å². The first-order valence-corrected chi connectivity index (χ1v) is 4.26. The highest BCUT2D eigenvalue weighted by molar-refractivity contribution is 5.30. The number of hydrogen-bond acceptors (Lipinski definition) is 0. The maximum absolute atomic E-state index is 12.4. The number of halogens is 3. The third kappa shape index (κ3) is 1.95. The van der Waals surface area contributed by atoms with Gasteiger partial charge in [0.1, 0.15) is 0 Å².